The minimum absolute atomic E-state index is 0.00176. The van der Waals surface area contributed by atoms with Gasteiger partial charge in [0, 0.05) is 5.56 Å². The predicted octanol–water partition coefficient (Wildman–Crippen LogP) is 2.08. The van der Waals surface area contributed by atoms with Crippen molar-refractivity contribution in [2.75, 3.05) is 0 Å². The van der Waals surface area contributed by atoms with Crippen LogP contribution in [0, 0.1) is 6.92 Å². The fourth-order valence-electron chi connectivity index (χ4n) is 1.23. The molecule has 0 N–H and O–H groups in total. The molecule has 0 saturated heterocycles. The van der Waals surface area contributed by atoms with Crippen molar-refractivity contribution in [1.29, 1.82) is 0 Å². The molecule has 3 nitrogen and oxygen atoms in total. The van der Waals surface area contributed by atoms with Crippen LogP contribution in [0.15, 0.2) is 30.5 Å². The minimum Gasteiger partial charge on any atom is -0.288 e. The zero-order chi connectivity index (χ0) is 9.97. The molecule has 70 valence electrons. The summed E-state index contributed by atoms with van der Waals surface area (Å²) in [5.74, 6) is -0.00176. The fourth-order valence-corrected chi connectivity index (χ4v) is 1.70. The molecule has 1 heterocycles. The highest BCUT2D eigenvalue weighted by atomic mass is 32.1. The van der Waals surface area contributed by atoms with Crippen molar-refractivity contribution >= 4 is 17.3 Å². The Kier molecular flexibility index (Phi) is 2.37. The van der Waals surface area contributed by atoms with Gasteiger partial charge in [0.05, 0.1) is 6.20 Å². The van der Waals surface area contributed by atoms with Gasteiger partial charge >= 0.3 is 0 Å². The third-order valence-electron chi connectivity index (χ3n) is 1.97. The summed E-state index contributed by atoms with van der Waals surface area (Å²) >= 11 is 1.12. The molecule has 0 unspecified atom stereocenters. The maximum absolute atomic E-state index is 11.9. The lowest BCUT2D eigenvalue weighted by molar-refractivity contribution is 0.104. The van der Waals surface area contributed by atoms with E-state index in [0.29, 0.717) is 4.88 Å². The third kappa shape index (κ3) is 1.56. The number of hydrogen-bond donors (Lipinski definition) is 0. The molecule has 14 heavy (non-hydrogen) atoms. The van der Waals surface area contributed by atoms with Gasteiger partial charge in [0.25, 0.3) is 0 Å². The van der Waals surface area contributed by atoms with E-state index < -0.39 is 0 Å². The summed E-state index contributed by atoms with van der Waals surface area (Å²) in [5.41, 5.74) is 1.70. The molecule has 0 amide bonds. The zero-order valence-electron chi connectivity index (χ0n) is 7.60. The molecule has 0 aliphatic rings. The molecule has 1 aromatic heterocycles. The van der Waals surface area contributed by atoms with Gasteiger partial charge in [-0.1, -0.05) is 28.8 Å². The lowest BCUT2D eigenvalue weighted by Gasteiger charge is -2.00. The average Bonchev–Trinajstić information content (AvgIpc) is 2.70. The first-order valence-corrected chi connectivity index (χ1v) is 4.94. The second kappa shape index (κ2) is 3.67. The number of carbonyl (C=O) groups excluding carboxylic acids is 1. The summed E-state index contributed by atoms with van der Waals surface area (Å²) in [6.07, 6.45) is 1.50. The van der Waals surface area contributed by atoms with Crippen LogP contribution in [0.25, 0.3) is 0 Å². The van der Waals surface area contributed by atoms with E-state index in [9.17, 15) is 4.79 Å². The molecule has 0 spiro atoms. The van der Waals surface area contributed by atoms with Gasteiger partial charge in [-0.25, -0.2) is 0 Å². The van der Waals surface area contributed by atoms with Gasteiger partial charge in [-0.2, -0.15) is 0 Å². The topological polar surface area (TPSA) is 42.9 Å². The number of ketones is 1. The molecule has 0 fully saturated rings. The van der Waals surface area contributed by atoms with E-state index in [1.807, 2.05) is 31.2 Å². The second-order valence-electron chi connectivity index (χ2n) is 2.93. The highest BCUT2D eigenvalue weighted by Gasteiger charge is 2.12. The van der Waals surface area contributed by atoms with Gasteiger partial charge < -0.3 is 0 Å². The van der Waals surface area contributed by atoms with Gasteiger partial charge in [0.1, 0.15) is 4.88 Å². The van der Waals surface area contributed by atoms with E-state index in [4.69, 9.17) is 0 Å². The molecule has 0 atom stereocenters. The lowest BCUT2D eigenvalue weighted by Crippen LogP contribution is -2.00. The molecule has 2 aromatic rings. The number of benzene rings is 1. The molecule has 2 rings (SSSR count). The standard InChI is InChI=1S/C10H8N2OS/c1-7-4-2-3-5-8(7)10(13)9-6-11-12-14-9/h2-6H,1H3. The number of aryl methyl sites for hydroxylation is 1. The van der Waals surface area contributed by atoms with Crippen molar-refractivity contribution in [1.82, 2.24) is 9.59 Å². The van der Waals surface area contributed by atoms with Gasteiger partial charge in [-0.3, -0.25) is 4.79 Å². The van der Waals surface area contributed by atoms with E-state index in [-0.39, 0.29) is 5.78 Å². The Hall–Kier alpha value is -1.55. The first-order chi connectivity index (χ1) is 6.79. The van der Waals surface area contributed by atoms with Crippen molar-refractivity contribution in [2.45, 2.75) is 6.92 Å². The predicted molar refractivity (Wildman–Crippen MR) is 54.5 cm³/mol. The Labute approximate surface area is 85.6 Å². The molecular weight excluding hydrogens is 196 g/mol. The normalized spacial score (nSPS) is 10.1. The minimum atomic E-state index is -0.00176. The first kappa shape index (κ1) is 9.02. The first-order valence-electron chi connectivity index (χ1n) is 4.17. The summed E-state index contributed by atoms with van der Waals surface area (Å²) < 4.78 is 3.67. The van der Waals surface area contributed by atoms with Crippen LogP contribution in [0.1, 0.15) is 20.8 Å². The highest BCUT2D eigenvalue weighted by molar-refractivity contribution is 7.08. The van der Waals surface area contributed by atoms with Gasteiger partial charge in [0.15, 0.2) is 0 Å². The molecule has 0 radical (unpaired) electrons. The van der Waals surface area contributed by atoms with Crippen molar-refractivity contribution in [2.24, 2.45) is 0 Å². The quantitative estimate of drug-likeness (QED) is 0.703. The van der Waals surface area contributed by atoms with Crippen molar-refractivity contribution in [3.8, 4) is 0 Å². The van der Waals surface area contributed by atoms with Crippen LogP contribution in [-0.2, 0) is 0 Å². The molecular formula is C10H8N2OS. The van der Waals surface area contributed by atoms with Gasteiger partial charge in [-0.15, -0.1) is 5.10 Å². The number of hydrogen-bond acceptors (Lipinski definition) is 4. The number of rotatable bonds is 2. The van der Waals surface area contributed by atoms with Crippen LogP contribution < -0.4 is 0 Å². The summed E-state index contributed by atoms with van der Waals surface area (Å²) in [7, 11) is 0. The fraction of sp³-hybridized carbons (Fsp3) is 0.100. The van der Waals surface area contributed by atoms with Crippen molar-refractivity contribution in [3.05, 3.63) is 46.5 Å². The molecule has 1 aromatic carbocycles. The van der Waals surface area contributed by atoms with Crippen LogP contribution in [0.4, 0.5) is 0 Å². The van der Waals surface area contributed by atoms with Crippen LogP contribution in [0.2, 0.25) is 0 Å². The summed E-state index contributed by atoms with van der Waals surface area (Å²) in [5, 5.41) is 3.65. The average molecular weight is 204 g/mol. The number of aromatic nitrogens is 2. The van der Waals surface area contributed by atoms with Gasteiger partial charge in [-0.05, 0) is 24.0 Å². The van der Waals surface area contributed by atoms with Crippen molar-refractivity contribution < 1.29 is 4.79 Å². The van der Waals surface area contributed by atoms with Crippen LogP contribution >= 0.6 is 11.5 Å². The van der Waals surface area contributed by atoms with Crippen LogP contribution in [0.5, 0.6) is 0 Å². The highest BCUT2D eigenvalue weighted by Crippen LogP contribution is 2.14. The Balaban J connectivity index is 2.42. The monoisotopic (exact) mass is 204 g/mol. The van der Waals surface area contributed by atoms with E-state index >= 15 is 0 Å². The maximum Gasteiger partial charge on any atom is 0.206 e. The Morgan fingerprint density at radius 1 is 1.36 bits per heavy atom. The summed E-state index contributed by atoms with van der Waals surface area (Å²) in [6.45, 7) is 1.92. The van der Waals surface area contributed by atoms with E-state index in [0.717, 1.165) is 22.7 Å². The molecule has 4 heteroatoms. The van der Waals surface area contributed by atoms with E-state index in [2.05, 4.69) is 9.59 Å². The molecule has 0 bridgehead atoms. The van der Waals surface area contributed by atoms with Crippen LogP contribution in [0.3, 0.4) is 0 Å². The Bertz CT molecular complexity index is 451. The van der Waals surface area contributed by atoms with Crippen molar-refractivity contribution in [3.63, 3.8) is 0 Å². The SMILES string of the molecule is Cc1ccccc1C(=O)c1cnns1. The molecule has 0 saturated carbocycles. The largest absolute Gasteiger partial charge is 0.288 e. The van der Waals surface area contributed by atoms with Crippen LogP contribution in [-0.4, -0.2) is 15.4 Å². The maximum atomic E-state index is 11.9. The molecule has 0 aliphatic carbocycles. The second-order valence-corrected chi connectivity index (χ2v) is 3.71. The Morgan fingerprint density at radius 2 is 2.14 bits per heavy atom. The summed E-state index contributed by atoms with van der Waals surface area (Å²) in [4.78, 5) is 12.4. The third-order valence-corrected chi connectivity index (χ3v) is 2.64. The molecule has 0 aliphatic heterocycles. The lowest BCUT2D eigenvalue weighted by atomic mass is 10.0. The zero-order valence-corrected chi connectivity index (χ0v) is 8.41. The Morgan fingerprint density at radius 3 is 2.79 bits per heavy atom. The smallest absolute Gasteiger partial charge is 0.206 e. The number of nitrogens with zero attached hydrogens (tertiary/aromatic N) is 2. The van der Waals surface area contributed by atoms with Gasteiger partial charge in [0.2, 0.25) is 5.78 Å². The number of carbonyl (C=O) groups is 1. The van der Waals surface area contributed by atoms with E-state index in [1.54, 1.807) is 0 Å². The van der Waals surface area contributed by atoms with E-state index in [1.165, 1.54) is 6.20 Å². The summed E-state index contributed by atoms with van der Waals surface area (Å²) in [6, 6.07) is 7.50.